The van der Waals surface area contributed by atoms with E-state index in [-0.39, 0.29) is 22.3 Å². The first-order chi connectivity index (χ1) is 14.2. The van der Waals surface area contributed by atoms with Crippen LogP contribution in [-0.4, -0.2) is 58.9 Å². The van der Waals surface area contributed by atoms with Crippen LogP contribution in [0, 0.1) is 0 Å². The van der Waals surface area contributed by atoms with Gasteiger partial charge in [-0.3, -0.25) is 4.89 Å². The third kappa shape index (κ3) is 6.88. The standard InChI is InChI=1S/C20H26O11/c1-11(2)15(23)27-19(9-21,10-22)20(28-16(24)12(3)4,29-17(25)13(5)6)31-30-18(26)14(7)8/h21-22H,1,3,5,7,9-10H2,2,4,6,8H3. The molecule has 0 spiro atoms. The molecule has 0 amide bonds. The summed E-state index contributed by atoms with van der Waals surface area (Å²) in [7, 11) is 0. The minimum absolute atomic E-state index is 0.191. The molecule has 0 aromatic carbocycles. The second-order valence-electron chi connectivity index (χ2n) is 6.61. The highest BCUT2D eigenvalue weighted by Gasteiger charge is 2.66. The molecular formula is C20H26O11. The van der Waals surface area contributed by atoms with E-state index >= 15 is 0 Å². The van der Waals surface area contributed by atoms with E-state index in [2.05, 4.69) is 31.2 Å². The Kier molecular flexibility index (Phi) is 10.0. The Balaban J connectivity index is 6.84. The molecule has 0 aliphatic carbocycles. The molecular weight excluding hydrogens is 416 g/mol. The summed E-state index contributed by atoms with van der Waals surface area (Å²) in [6, 6.07) is 0. The van der Waals surface area contributed by atoms with E-state index in [1.54, 1.807) is 0 Å². The van der Waals surface area contributed by atoms with Gasteiger partial charge in [0, 0.05) is 22.3 Å². The van der Waals surface area contributed by atoms with Crippen LogP contribution in [0.1, 0.15) is 27.7 Å². The molecule has 0 atom stereocenters. The third-order valence-corrected chi connectivity index (χ3v) is 3.43. The van der Waals surface area contributed by atoms with Crippen molar-refractivity contribution in [2.75, 3.05) is 13.2 Å². The van der Waals surface area contributed by atoms with Gasteiger partial charge in [0.2, 0.25) is 0 Å². The topological polar surface area (TPSA) is 155 Å². The summed E-state index contributed by atoms with van der Waals surface area (Å²) >= 11 is 0. The van der Waals surface area contributed by atoms with Gasteiger partial charge in [0.25, 0.3) is 5.60 Å². The lowest BCUT2D eigenvalue weighted by atomic mass is 10.0. The van der Waals surface area contributed by atoms with Crippen LogP contribution in [-0.2, 0) is 43.2 Å². The molecule has 0 saturated heterocycles. The van der Waals surface area contributed by atoms with Gasteiger partial charge in [-0.1, -0.05) is 31.2 Å². The lowest BCUT2D eigenvalue weighted by molar-refractivity contribution is -0.504. The van der Waals surface area contributed by atoms with Gasteiger partial charge >= 0.3 is 29.9 Å². The number of rotatable bonds is 12. The fourth-order valence-corrected chi connectivity index (χ4v) is 1.53. The monoisotopic (exact) mass is 442 g/mol. The number of carbonyl (C=O) groups is 4. The number of esters is 3. The summed E-state index contributed by atoms with van der Waals surface area (Å²) in [5, 5.41) is 20.0. The molecule has 0 radical (unpaired) electrons. The highest BCUT2D eigenvalue weighted by molar-refractivity contribution is 5.90. The van der Waals surface area contributed by atoms with Crippen LogP contribution < -0.4 is 0 Å². The molecule has 11 nitrogen and oxygen atoms in total. The normalized spacial score (nSPS) is 11.0. The number of carbonyl (C=O) groups excluding carboxylic acids is 4. The van der Waals surface area contributed by atoms with Crippen molar-refractivity contribution in [3.63, 3.8) is 0 Å². The van der Waals surface area contributed by atoms with Gasteiger partial charge in [-0.05, 0) is 27.7 Å². The number of hydrogen-bond donors (Lipinski definition) is 2. The maximum absolute atomic E-state index is 12.3. The molecule has 0 heterocycles. The van der Waals surface area contributed by atoms with Crippen molar-refractivity contribution in [3.05, 3.63) is 48.6 Å². The molecule has 0 rings (SSSR count). The molecule has 0 aromatic heterocycles. The SMILES string of the molecule is C=C(C)C(=O)OOC(OC(=O)C(=C)C)(OC(=O)C(=C)C)C(CO)(CO)OC(=O)C(=C)C. The molecule has 172 valence electrons. The smallest absolute Gasteiger partial charge is 0.439 e. The molecule has 0 aromatic rings. The first-order valence-electron chi connectivity index (χ1n) is 8.62. The van der Waals surface area contributed by atoms with E-state index in [1.165, 1.54) is 27.7 Å². The van der Waals surface area contributed by atoms with Crippen molar-refractivity contribution in [1.29, 1.82) is 0 Å². The van der Waals surface area contributed by atoms with Crippen LogP contribution >= 0.6 is 0 Å². The quantitative estimate of drug-likeness (QED) is 0.145. The van der Waals surface area contributed by atoms with Crippen molar-refractivity contribution >= 4 is 23.9 Å². The van der Waals surface area contributed by atoms with Gasteiger partial charge in [0.15, 0.2) is 0 Å². The summed E-state index contributed by atoms with van der Waals surface area (Å²) in [4.78, 5) is 57.9. The highest BCUT2D eigenvalue weighted by atomic mass is 17.3. The largest absolute Gasteiger partial charge is 0.459 e. The van der Waals surface area contributed by atoms with Crippen molar-refractivity contribution in [2.24, 2.45) is 0 Å². The van der Waals surface area contributed by atoms with E-state index in [0.717, 1.165) is 0 Å². The predicted molar refractivity (Wildman–Crippen MR) is 104 cm³/mol. The fraction of sp³-hybridized carbons (Fsp3) is 0.400. The maximum Gasteiger partial charge on any atom is 0.459 e. The van der Waals surface area contributed by atoms with Gasteiger partial charge < -0.3 is 24.4 Å². The number of hydrogen-bond acceptors (Lipinski definition) is 11. The van der Waals surface area contributed by atoms with Crippen LogP contribution in [0.4, 0.5) is 0 Å². The first-order valence-corrected chi connectivity index (χ1v) is 8.62. The van der Waals surface area contributed by atoms with Crippen LogP contribution in [0.5, 0.6) is 0 Å². The van der Waals surface area contributed by atoms with E-state index in [1.807, 2.05) is 0 Å². The Morgan fingerprint density at radius 3 is 1.26 bits per heavy atom. The van der Waals surface area contributed by atoms with Gasteiger partial charge in [0.05, 0.1) is 13.2 Å². The minimum Gasteiger partial charge on any atom is -0.439 e. The van der Waals surface area contributed by atoms with E-state index in [9.17, 15) is 29.4 Å². The zero-order valence-electron chi connectivity index (χ0n) is 17.8. The van der Waals surface area contributed by atoms with Crippen LogP contribution in [0.15, 0.2) is 48.6 Å². The molecule has 0 fully saturated rings. The minimum atomic E-state index is -3.33. The third-order valence-electron chi connectivity index (χ3n) is 3.43. The molecule has 0 aliphatic rings. The van der Waals surface area contributed by atoms with E-state index in [0.29, 0.717) is 0 Å². The Hall–Kier alpha value is -3.28. The predicted octanol–water partition coefficient (Wildman–Crippen LogP) is 0.772. The summed E-state index contributed by atoms with van der Waals surface area (Å²) in [6.07, 6.45) is 0. The van der Waals surface area contributed by atoms with Crippen molar-refractivity contribution in [3.8, 4) is 0 Å². The van der Waals surface area contributed by atoms with Crippen LogP contribution in [0.25, 0.3) is 0 Å². The molecule has 0 saturated carbocycles. The van der Waals surface area contributed by atoms with Gasteiger partial charge in [0.1, 0.15) is 0 Å². The average Bonchev–Trinajstić information content (AvgIpc) is 2.68. The fourth-order valence-electron chi connectivity index (χ4n) is 1.53. The first kappa shape index (κ1) is 27.7. The van der Waals surface area contributed by atoms with Gasteiger partial charge in [-0.15, -0.1) is 0 Å². The molecule has 0 unspecified atom stereocenters. The van der Waals surface area contributed by atoms with E-state index < -0.39 is 48.7 Å². The number of aliphatic hydroxyl groups excluding tert-OH is 2. The van der Waals surface area contributed by atoms with Crippen LogP contribution in [0.3, 0.4) is 0 Å². The van der Waals surface area contributed by atoms with Crippen molar-refractivity contribution in [1.82, 2.24) is 0 Å². The average molecular weight is 442 g/mol. The summed E-state index contributed by atoms with van der Waals surface area (Å²) in [5.74, 6) is -8.34. The summed E-state index contributed by atoms with van der Waals surface area (Å²) in [6.45, 7) is 15.5. The van der Waals surface area contributed by atoms with Crippen molar-refractivity contribution < 1.29 is 53.4 Å². The Morgan fingerprint density at radius 2 is 0.968 bits per heavy atom. The molecule has 11 heteroatoms. The molecule has 31 heavy (non-hydrogen) atoms. The zero-order valence-corrected chi connectivity index (χ0v) is 17.8. The summed E-state index contributed by atoms with van der Waals surface area (Å²) < 4.78 is 15.0. The van der Waals surface area contributed by atoms with Gasteiger partial charge in [-0.2, -0.15) is 0 Å². The lowest BCUT2D eigenvalue weighted by Crippen LogP contribution is -2.67. The molecule has 0 aliphatic heterocycles. The second kappa shape index (κ2) is 11.2. The highest BCUT2D eigenvalue weighted by Crippen LogP contribution is 2.36. The number of ether oxygens (including phenoxy) is 3. The molecule has 2 N–H and O–H groups in total. The lowest BCUT2D eigenvalue weighted by Gasteiger charge is -2.42. The maximum atomic E-state index is 12.3. The van der Waals surface area contributed by atoms with Gasteiger partial charge in [-0.25, -0.2) is 19.2 Å². The molecule has 0 bridgehead atoms. The number of aliphatic hydroxyl groups is 2. The van der Waals surface area contributed by atoms with Crippen LogP contribution in [0.2, 0.25) is 0 Å². The Morgan fingerprint density at radius 1 is 0.645 bits per heavy atom. The Labute approximate surface area is 179 Å². The second-order valence-corrected chi connectivity index (χ2v) is 6.61. The van der Waals surface area contributed by atoms with Crippen molar-refractivity contribution in [2.45, 2.75) is 39.3 Å². The zero-order chi connectivity index (χ0) is 24.6. The Bertz CT molecular complexity index is 774. The van der Waals surface area contributed by atoms with E-state index in [4.69, 9.17) is 19.1 Å². The summed E-state index contributed by atoms with van der Waals surface area (Å²) in [5.41, 5.74) is -3.77.